The fourth-order valence-electron chi connectivity index (χ4n) is 3.61. The van der Waals surface area contributed by atoms with E-state index in [2.05, 4.69) is 25.1 Å². The van der Waals surface area contributed by atoms with Gasteiger partial charge in [-0.1, -0.05) is 12.1 Å². The van der Waals surface area contributed by atoms with Gasteiger partial charge in [0.1, 0.15) is 11.6 Å². The monoisotopic (exact) mass is 420 g/mol. The molecule has 160 valence electrons. The fraction of sp³-hybridized carbons (Fsp3) is 0.304. The van der Waals surface area contributed by atoms with Crippen LogP contribution in [-0.2, 0) is 0 Å². The van der Waals surface area contributed by atoms with E-state index >= 15 is 0 Å². The summed E-state index contributed by atoms with van der Waals surface area (Å²) in [5.41, 5.74) is 1.90. The number of nitrogens with one attached hydrogen (secondary N) is 1. The first-order valence-electron chi connectivity index (χ1n) is 10.4. The van der Waals surface area contributed by atoms with Crippen LogP contribution in [0.3, 0.4) is 0 Å². The second-order valence-electron chi connectivity index (χ2n) is 7.50. The molecular formula is C23H25FN6O. The van der Waals surface area contributed by atoms with Crippen molar-refractivity contribution in [3.63, 3.8) is 0 Å². The Bertz CT molecular complexity index is 1040. The van der Waals surface area contributed by atoms with Crippen LogP contribution in [0.1, 0.15) is 16.1 Å². The van der Waals surface area contributed by atoms with E-state index in [1.54, 1.807) is 24.5 Å². The first kappa shape index (κ1) is 20.9. The largest absolute Gasteiger partial charge is 0.354 e. The molecule has 0 spiro atoms. The van der Waals surface area contributed by atoms with Crippen LogP contribution in [0.15, 0.2) is 54.9 Å². The third-order valence-electron chi connectivity index (χ3n) is 5.29. The van der Waals surface area contributed by atoms with E-state index in [1.807, 2.05) is 25.1 Å². The second kappa shape index (κ2) is 9.61. The molecule has 1 amide bonds. The van der Waals surface area contributed by atoms with Crippen molar-refractivity contribution >= 4 is 11.7 Å². The Balaban J connectivity index is 1.30. The molecule has 31 heavy (non-hydrogen) atoms. The molecule has 4 rings (SSSR count). The molecule has 0 aliphatic carbocycles. The summed E-state index contributed by atoms with van der Waals surface area (Å²) in [6.45, 7) is 6.57. The van der Waals surface area contributed by atoms with E-state index in [4.69, 9.17) is 4.98 Å². The Morgan fingerprint density at radius 1 is 1.10 bits per heavy atom. The van der Waals surface area contributed by atoms with E-state index in [1.165, 1.54) is 12.1 Å². The minimum absolute atomic E-state index is 0.0795. The summed E-state index contributed by atoms with van der Waals surface area (Å²) in [6, 6.07) is 11.9. The molecule has 3 aromatic rings. The zero-order valence-electron chi connectivity index (χ0n) is 17.5. The molecule has 1 aliphatic rings. The van der Waals surface area contributed by atoms with Gasteiger partial charge in [-0.3, -0.25) is 14.7 Å². The fourth-order valence-corrected chi connectivity index (χ4v) is 3.61. The van der Waals surface area contributed by atoms with Gasteiger partial charge in [-0.05, 0) is 31.2 Å². The predicted octanol–water partition coefficient (Wildman–Crippen LogP) is 2.54. The van der Waals surface area contributed by atoms with E-state index in [9.17, 15) is 9.18 Å². The summed E-state index contributed by atoms with van der Waals surface area (Å²) in [5.74, 6) is 0.718. The predicted molar refractivity (Wildman–Crippen MR) is 117 cm³/mol. The number of nitrogens with zero attached hydrogens (tertiary/aromatic N) is 5. The van der Waals surface area contributed by atoms with Gasteiger partial charge >= 0.3 is 0 Å². The number of benzene rings is 1. The lowest BCUT2D eigenvalue weighted by atomic mass is 10.2. The summed E-state index contributed by atoms with van der Waals surface area (Å²) in [6.07, 6.45) is 3.50. The van der Waals surface area contributed by atoms with Gasteiger partial charge < -0.3 is 10.2 Å². The van der Waals surface area contributed by atoms with Crippen molar-refractivity contribution in [2.24, 2.45) is 0 Å². The third-order valence-corrected chi connectivity index (χ3v) is 5.29. The number of aryl methyl sites for hydroxylation is 1. The van der Waals surface area contributed by atoms with Crippen LogP contribution in [0, 0.1) is 12.7 Å². The van der Waals surface area contributed by atoms with Crippen molar-refractivity contribution in [3.05, 3.63) is 71.9 Å². The minimum Gasteiger partial charge on any atom is -0.354 e. The van der Waals surface area contributed by atoms with Crippen LogP contribution < -0.4 is 10.2 Å². The van der Waals surface area contributed by atoms with Gasteiger partial charge in [0.25, 0.3) is 5.91 Å². The van der Waals surface area contributed by atoms with Crippen LogP contribution in [0.4, 0.5) is 10.2 Å². The molecule has 1 saturated heterocycles. The maximum atomic E-state index is 13.7. The number of carbonyl (C=O) groups excluding carboxylic acids is 1. The highest BCUT2D eigenvalue weighted by Gasteiger charge is 2.19. The Labute approximate surface area is 181 Å². The standard InChI is InChI=1S/C23H25FN6O/c1-17-15-21(28-22(27-17)18-5-4-8-25-16-18)30-13-11-29(12-14-30)10-9-26-23(31)19-6-2-3-7-20(19)24/h2-8,15-16H,9-14H2,1H3,(H,26,31). The van der Waals surface area contributed by atoms with Crippen LogP contribution in [0.25, 0.3) is 11.4 Å². The van der Waals surface area contributed by atoms with Gasteiger partial charge in [-0.25, -0.2) is 14.4 Å². The number of anilines is 1. The Hall–Kier alpha value is -3.39. The van der Waals surface area contributed by atoms with Crippen LogP contribution in [0.2, 0.25) is 0 Å². The smallest absolute Gasteiger partial charge is 0.254 e. The number of amides is 1. The van der Waals surface area contributed by atoms with Gasteiger partial charge in [0.05, 0.1) is 5.56 Å². The van der Waals surface area contributed by atoms with Gasteiger partial charge in [0.15, 0.2) is 5.82 Å². The Morgan fingerprint density at radius 3 is 2.65 bits per heavy atom. The molecule has 1 aliphatic heterocycles. The zero-order valence-corrected chi connectivity index (χ0v) is 17.5. The van der Waals surface area contributed by atoms with E-state index in [-0.39, 0.29) is 11.5 Å². The van der Waals surface area contributed by atoms with Crippen molar-refractivity contribution < 1.29 is 9.18 Å². The number of hydrogen-bond donors (Lipinski definition) is 1. The normalized spacial score (nSPS) is 14.5. The van der Waals surface area contributed by atoms with Crippen molar-refractivity contribution in [1.82, 2.24) is 25.2 Å². The molecule has 2 aromatic heterocycles. The molecular weight excluding hydrogens is 395 g/mol. The maximum Gasteiger partial charge on any atom is 0.254 e. The summed E-state index contributed by atoms with van der Waals surface area (Å²) < 4.78 is 13.7. The van der Waals surface area contributed by atoms with Crippen molar-refractivity contribution in [2.75, 3.05) is 44.2 Å². The molecule has 7 nitrogen and oxygen atoms in total. The van der Waals surface area contributed by atoms with Crippen molar-refractivity contribution in [3.8, 4) is 11.4 Å². The topological polar surface area (TPSA) is 74.2 Å². The summed E-state index contributed by atoms with van der Waals surface area (Å²) in [7, 11) is 0. The minimum atomic E-state index is -0.501. The summed E-state index contributed by atoms with van der Waals surface area (Å²) >= 11 is 0. The number of aromatic nitrogens is 3. The number of hydrogen-bond acceptors (Lipinski definition) is 6. The van der Waals surface area contributed by atoms with Crippen LogP contribution >= 0.6 is 0 Å². The molecule has 0 unspecified atom stereocenters. The maximum absolute atomic E-state index is 13.7. The van der Waals surface area contributed by atoms with Crippen molar-refractivity contribution in [2.45, 2.75) is 6.92 Å². The van der Waals surface area contributed by atoms with Gasteiger partial charge in [0, 0.05) is 69.0 Å². The summed E-state index contributed by atoms with van der Waals surface area (Å²) in [4.78, 5) is 30.1. The average Bonchev–Trinajstić information content (AvgIpc) is 2.80. The lowest BCUT2D eigenvalue weighted by molar-refractivity contribution is 0.0943. The lowest BCUT2D eigenvalue weighted by Gasteiger charge is -2.35. The van der Waals surface area contributed by atoms with E-state index < -0.39 is 5.82 Å². The Morgan fingerprint density at radius 2 is 1.90 bits per heavy atom. The van der Waals surface area contributed by atoms with Gasteiger partial charge in [-0.15, -0.1) is 0 Å². The highest BCUT2D eigenvalue weighted by molar-refractivity contribution is 5.94. The van der Waals surface area contributed by atoms with Gasteiger partial charge in [-0.2, -0.15) is 0 Å². The average molecular weight is 420 g/mol. The molecule has 0 atom stereocenters. The first-order chi connectivity index (χ1) is 15.1. The zero-order chi connectivity index (χ0) is 21.6. The van der Waals surface area contributed by atoms with Crippen LogP contribution in [0.5, 0.6) is 0 Å². The van der Waals surface area contributed by atoms with Gasteiger partial charge in [0.2, 0.25) is 0 Å². The molecule has 1 N–H and O–H groups in total. The molecule has 1 fully saturated rings. The second-order valence-corrected chi connectivity index (χ2v) is 7.50. The molecule has 0 radical (unpaired) electrons. The lowest BCUT2D eigenvalue weighted by Crippen LogP contribution is -2.48. The summed E-state index contributed by atoms with van der Waals surface area (Å²) in [5, 5.41) is 2.80. The quantitative estimate of drug-likeness (QED) is 0.661. The number of pyridine rings is 1. The Kier molecular flexibility index (Phi) is 6.47. The van der Waals surface area contributed by atoms with E-state index in [0.717, 1.165) is 49.8 Å². The number of rotatable bonds is 6. The molecule has 3 heterocycles. The molecule has 0 saturated carbocycles. The van der Waals surface area contributed by atoms with E-state index in [0.29, 0.717) is 12.4 Å². The molecule has 1 aromatic carbocycles. The number of carbonyl (C=O) groups is 1. The first-order valence-corrected chi connectivity index (χ1v) is 10.4. The molecule has 0 bridgehead atoms. The third kappa shape index (κ3) is 5.21. The van der Waals surface area contributed by atoms with Crippen LogP contribution in [-0.4, -0.2) is 65.0 Å². The SMILES string of the molecule is Cc1cc(N2CCN(CCNC(=O)c3ccccc3F)CC2)nc(-c2cccnc2)n1. The molecule has 8 heteroatoms. The number of halogens is 1. The highest BCUT2D eigenvalue weighted by Crippen LogP contribution is 2.20. The highest BCUT2D eigenvalue weighted by atomic mass is 19.1. The number of piperazine rings is 1. The van der Waals surface area contributed by atoms with Crippen molar-refractivity contribution in [1.29, 1.82) is 0 Å².